The maximum absolute atomic E-state index is 6.06. The maximum Gasteiger partial charge on any atom is 0.231 e. The van der Waals surface area contributed by atoms with Crippen LogP contribution in [0, 0.1) is 20.8 Å². The third kappa shape index (κ3) is 2.19. The Hall–Kier alpha value is -2.11. The first kappa shape index (κ1) is 15.4. The monoisotopic (exact) mass is 356 g/mol. The van der Waals surface area contributed by atoms with Crippen molar-refractivity contribution in [3.8, 4) is 5.00 Å². The molecule has 3 heterocycles. The lowest BCUT2D eigenvalue weighted by molar-refractivity contribution is 0.906. The number of aromatic nitrogens is 2. The minimum atomic E-state index is 0.726. The highest BCUT2D eigenvalue weighted by atomic mass is 35.5. The zero-order chi connectivity index (χ0) is 17.0. The fourth-order valence-electron chi connectivity index (χ4n) is 3.00. The van der Waals surface area contributed by atoms with Crippen molar-refractivity contribution in [3.05, 3.63) is 62.7 Å². The molecule has 0 fully saturated rings. The van der Waals surface area contributed by atoms with E-state index in [9.17, 15) is 0 Å². The molecule has 0 saturated heterocycles. The van der Waals surface area contributed by atoms with Crippen molar-refractivity contribution >= 4 is 34.6 Å². The number of rotatable bonds is 1. The number of benzene rings is 1. The van der Waals surface area contributed by atoms with Crippen LogP contribution in [0.2, 0.25) is 5.02 Å². The molecule has 1 aromatic carbocycles. The average molecular weight is 357 g/mol. The van der Waals surface area contributed by atoms with Gasteiger partial charge in [-0.15, -0.1) is 11.3 Å². The summed E-state index contributed by atoms with van der Waals surface area (Å²) in [7, 11) is 1.94. The molecular formula is C18H17ClN4S. The minimum Gasteiger partial charge on any atom is -0.272 e. The Morgan fingerprint density at radius 2 is 1.79 bits per heavy atom. The number of nitrogens with zero attached hydrogens (tertiary/aromatic N) is 4. The number of fused-ring (bicyclic) bond motifs is 3. The molecule has 1 aliphatic heterocycles. The summed E-state index contributed by atoms with van der Waals surface area (Å²) in [6, 6.07) is 7.85. The van der Waals surface area contributed by atoms with Crippen LogP contribution in [0.25, 0.3) is 5.00 Å². The second-order valence-electron chi connectivity index (χ2n) is 5.98. The number of halogens is 1. The Morgan fingerprint density at radius 3 is 2.50 bits per heavy atom. The molecule has 0 radical (unpaired) electrons. The van der Waals surface area contributed by atoms with Gasteiger partial charge in [0.2, 0.25) is 5.95 Å². The van der Waals surface area contributed by atoms with Crippen molar-refractivity contribution in [1.29, 1.82) is 0 Å². The summed E-state index contributed by atoms with van der Waals surface area (Å²) in [5, 5.41) is 8.62. The average Bonchev–Trinajstić information content (AvgIpc) is 3.03. The van der Waals surface area contributed by atoms with E-state index in [2.05, 4.69) is 30.3 Å². The molecular weight excluding hydrogens is 340 g/mol. The second-order valence-corrected chi connectivity index (χ2v) is 7.62. The zero-order valence-corrected chi connectivity index (χ0v) is 15.5. The predicted molar refractivity (Wildman–Crippen MR) is 101 cm³/mol. The van der Waals surface area contributed by atoms with E-state index >= 15 is 0 Å². The lowest BCUT2D eigenvalue weighted by Crippen LogP contribution is -2.15. The standard InChI is InChI=1S/C18H17ClN4S/c1-10-9-20-18-22(4)21-16(13-5-7-14(19)8-6-13)15-11(2)12(3)24-17(15)23(10)18/h5-9H,1-4H3. The number of anilines is 1. The van der Waals surface area contributed by atoms with Crippen molar-refractivity contribution < 1.29 is 0 Å². The molecule has 6 heteroatoms. The number of hydrazone groups is 1. The van der Waals surface area contributed by atoms with Gasteiger partial charge >= 0.3 is 0 Å². The van der Waals surface area contributed by atoms with Crippen LogP contribution in [0.5, 0.6) is 0 Å². The highest BCUT2D eigenvalue weighted by molar-refractivity contribution is 7.15. The molecule has 0 bridgehead atoms. The van der Waals surface area contributed by atoms with Crippen LogP contribution < -0.4 is 5.01 Å². The van der Waals surface area contributed by atoms with Crippen molar-refractivity contribution in [3.63, 3.8) is 0 Å². The van der Waals surface area contributed by atoms with E-state index in [1.807, 2.05) is 42.5 Å². The maximum atomic E-state index is 6.06. The van der Waals surface area contributed by atoms with E-state index in [0.717, 1.165) is 27.9 Å². The van der Waals surface area contributed by atoms with Gasteiger partial charge in [0, 0.05) is 33.8 Å². The van der Waals surface area contributed by atoms with Gasteiger partial charge in [-0.25, -0.2) is 9.99 Å². The topological polar surface area (TPSA) is 33.4 Å². The molecule has 4 nitrogen and oxygen atoms in total. The third-order valence-electron chi connectivity index (χ3n) is 4.38. The van der Waals surface area contributed by atoms with E-state index in [1.54, 1.807) is 11.3 Å². The smallest absolute Gasteiger partial charge is 0.231 e. The molecule has 1 aliphatic rings. The van der Waals surface area contributed by atoms with Crippen LogP contribution in [0.4, 0.5) is 5.95 Å². The lowest BCUT2D eigenvalue weighted by Gasteiger charge is -2.12. The Bertz CT molecular complexity index is 966. The van der Waals surface area contributed by atoms with E-state index in [1.165, 1.54) is 21.0 Å². The van der Waals surface area contributed by atoms with Gasteiger partial charge < -0.3 is 0 Å². The number of aryl methyl sites for hydroxylation is 2. The van der Waals surface area contributed by atoms with Crippen LogP contribution >= 0.6 is 22.9 Å². The quantitative estimate of drug-likeness (QED) is 0.632. The van der Waals surface area contributed by atoms with Gasteiger partial charge in [0.15, 0.2) is 0 Å². The fourth-order valence-corrected chi connectivity index (χ4v) is 4.34. The number of thiophene rings is 1. The summed E-state index contributed by atoms with van der Waals surface area (Å²) in [5.74, 6) is 0.832. The summed E-state index contributed by atoms with van der Waals surface area (Å²) in [6.07, 6.45) is 1.89. The molecule has 0 atom stereocenters. The third-order valence-corrected chi connectivity index (χ3v) is 5.83. The van der Waals surface area contributed by atoms with Crippen LogP contribution in [-0.2, 0) is 0 Å². The van der Waals surface area contributed by atoms with E-state index in [-0.39, 0.29) is 0 Å². The van der Waals surface area contributed by atoms with Crippen molar-refractivity contribution in [2.24, 2.45) is 5.10 Å². The first-order chi connectivity index (χ1) is 11.5. The number of imidazole rings is 1. The molecule has 0 aliphatic carbocycles. The fraction of sp³-hybridized carbons (Fsp3) is 0.222. The van der Waals surface area contributed by atoms with Crippen LogP contribution in [0.3, 0.4) is 0 Å². The number of hydrogen-bond donors (Lipinski definition) is 0. The van der Waals surface area contributed by atoms with E-state index in [0.29, 0.717) is 0 Å². The Morgan fingerprint density at radius 1 is 1.08 bits per heavy atom. The van der Waals surface area contributed by atoms with Crippen molar-refractivity contribution in [1.82, 2.24) is 9.55 Å². The first-order valence-corrected chi connectivity index (χ1v) is 8.90. The molecule has 4 rings (SSSR count). The van der Waals surface area contributed by atoms with Crippen LogP contribution in [-0.4, -0.2) is 22.3 Å². The normalized spacial score (nSPS) is 13.4. The molecule has 0 saturated carbocycles. The van der Waals surface area contributed by atoms with Gasteiger partial charge in [0.25, 0.3) is 0 Å². The van der Waals surface area contributed by atoms with Gasteiger partial charge in [0.05, 0.1) is 6.20 Å². The predicted octanol–water partition coefficient (Wildman–Crippen LogP) is 4.71. The molecule has 24 heavy (non-hydrogen) atoms. The highest BCUT2D eigenvalue weighted by Crippen LogP contribution is 2.38. The second kappa shape index (κ2) is 5.46. The summed E-state index contributed by atoms with van der Waals surface area (Å²) in [4.78, 5) is 5.84. The van der Waals surface area contributed by atoms with Gasteiger partial charge in [-0.05, 0) is 38.5 Å². The first-order valence-electron chi connectivity index (χ1n) is 7.70. The zero-order valence-electron chi connectivity index (χ0n) is 14.0. The van der Waals surface area contributed by atoms with E-state index in [4.69, 9.17) is 16.7 Å². The molecule has 0 spiro atoms. The largest absolute Gasteiger partial charge is 0.272 e. The molecule has 0 unspecified atom stereocenters. The Labute approximate surface area is 150 Å². The molecule has 3 aromatic rings. The number of hydrogen-bond acceptors (Lipinski definition) is 4. The molecule has 0 amide bonds. The highest BCUT2D eigenvalue weighted by Gasteiger charge is 2.27. The summed E-state index contributed by atoms with van der Waals surface area (Å²) >= 11 is 7.85. The van der Waals surface area contributed by atoms with Gasteiger partial charge in [0.1, 0.15) is 10.7 Å². The van der Waals surface area contributed by atoms with Crippen LogP contribution in [0.15, 0.2) is 35.6 Å². The van der Waals surface area contributed by atoms with Crippen molar-refractivity contribution in [2.45, 2.75) is 20.8 Å². The van der Waals surface area contributed by atoms with Gasteiger partial charge in [-0.2, -0.15) is 5.10 Å². The Balaban J connectivity index is 2.04. The molecule has 0 N–H and O–H groups in total. The molecule has 122 valence electrons. The summed E-state index contributed by atoms with van der Waals surface area (Å²) in [5.41, 5.74) is 5.55. The van der Waals surface area contributed by atoms with E-state index < -0.39 is 0 Å². The molecule has 2 aromatic heterocycles. The SMILES string of the molecule is Cc1sc2c(c1C)C(c1ccc(Cl)cc1)=NN(C)c1ncc(C)n1-2. The lowest BCUT2D eigenvalue weighted by atomic mass is 10.00. The van der Waals surface area contributed by atoms with Gasteiger partial charge in [-0.3, -0.25) is 4.57 Å². The Kier molecular flexibility index (Phi) is 3.51. The van der Waals surface area contributed by atoms with Gasteiger partial charge in [-0.1, -0.05) is 23.7 Å². The van der Waals surface area contributed by atoms with Crippen molar-refractivity contribution in [2.75, 3.05) is 12.1 Å². The summed E-state index contributed by atoms with van der Waals surface area (Å²) < 4.78 is 2.19. The minimum absolute atomic E-state index is 0.726. The summed E-state index contributed by atoms with van der Waals surface area (Å²) in [6.45, 7) is 6.39. The van der Waals surface area contributed by atoms with Crippen LogP contribution in [0.1, 0.15) is 27.3 Å².